The van der Waals surface area contributed by atoms with E-state index in [9.17, 15) is 9.59 Å². The average Bonchev–Trinajstić information content (AvgIpc) is 1.99. The van der Waals surface area contributed by atoms with Gasteiger partial charge in [-0.15, -0.1) is 0 Å². The average molecular weight is 171 g/mol. The van der Waals surface area contributed by atoms with Gasteiger partial charge in [0.1, 0.15) is 0 Å². The molecule has 0 amide bonds. The van der Waals surface area contributed by atoms with Crippen LogP contribution in [0.2, 0.25) is 0 Å². The van der Waals surface area contributed by atoms with E-state index in [-0.39, 0.29) is 5.92 Å². The van der Waals surface area contributed by atoms with Gasteiger partial charge in [0.2, 0.25) is 6.08 Å². The molecule has 0 rings (SSSR count). The van der Waals surface area contributed by atoms with Gasteiger partial charge in [-0.3, -0.25) is 0 Å². The summed E-state index contributed by atoms with van der Waals surface area (Å²) >= 11 is 0. The Labute approximate surface area is 71.3 Å². The summed E-state index contributed by atoms with van der Waals surface area (Å²) in [5.74, 6) is -1.16. The van der Waals surface area contributed by atoms with Crippen molar-refractivity contribution in [1.82, 2.24) is 0 Å². The highest BCUT2D eigenvalue weighted by Crippen LogP contribution is 2.13. The molecule has 68 valence electrons. The Kier molecular flexibility index (Phi) is 4.97. The van der Waals surface area contributed by atoms with Crippen molar-refractivity contribution in [2.45, 2.75) is 32.7 Å². The standard InChI is InChI=1S/C8H13NO3/c1-3-4-6(2)7(8(11)12)9-5-10/h6-7H,3-4H2,1-2H3,(H,11,12)/t6-,7-/m0/s1. The van der Waals surface area contributed by atoms with Gasteiger partial charge >= 0.3 is 5.97 Å². The number of carbonyl (C=O) groups is 1. The molecule has 0 unspecified atom stereocenters. The summed E-state index contributed by atoms with van der Waals surface area (Å²) < 4.78 is 0. The largest absolute Gasteiger partial charge is 0.480 e. The van der Waals surface area contributed by atoms with Gasteiger partial charge < -0.3 is 5.11 Å². The minimum Gasteiger partial charge on any atom is -0.480 e. The van der Waals surface area contributed by atoms with E-state index >= 15 is 0 Å². The number of hydrogen-bond donors (Lipinski definition) is 1. The molecule has 1 N–H and O–H groups in total. The quantitative estimate of drug-likeness (QED) is 0.499. The molecule has 0 radical (unpaired) electrons. The van der Waals surface area contributed by atoms with Gasteiger partial charge in [0, 0.05) is 0 Å². The van der Waals surface area contributed by atoms with Gasteiger partial charge in [-0.25, -0.2) is 9.59 Å². The maximum atomic E-state index is 10.5. The van der Waals surface area contributed by atoms with Crippen molar-refractivity contribution in [3.63, 3.8) is 0 Å². The fourth-order valence-corrected chi connectivity index (χ4v) is 1.10. The van der Waals surface area contributed by atoms with Crippen LogP contribution < -0.4 is 0 Å². The summed E-state index contributed by atoms with van der Waals surface area (Å²) in [5.41, 5.74) is 0. The van der Waals surface area contributed by atoms with Crippen LogP contribution in [0.25, 0.3) is 0 Å². The van der Waals surface area contributed by atoms with Crippen LogP contribution in [0.5, 0.6) is 0 Å². The fourth-order valence-electron chi connectivity index (χ4n) is 1.10. The summed E-state index contributed by atoms with van der Waals surface area (Å²) in [4.78, 5) is 23.6. The van der Waals surface area contributed by atoms with E-state index in [0.717, 1.165) is 12.8 Å². The molecule has 0 bridgehead atoms. The highest BCUT2D eigenvalue weighted by Gasteiger charge is 2.22. The fraction of sp³-hybridized carbons (Fsp3) is 0.750. The molecule has 0 saturated heterocycles. The van der Waals surface area contributed by atoms with Gasteiger partial charge in [-0.1, -0.05) is 20.3 Å². The molecule has 2 atom stereocenters. The van der Waals surface area contributed by atoms with E-state index in [0.29, 0.717) is 0 Å². The summed E-state index contributed by atoms with van der Waals surface area (Å²) in [6.45, 7) is 3.73. The molecule has 0 aromatic rings. The number of rotatable bonds is 5. The Balaban J connectivity index is 4.28. The third-order valence-corrected chi connectivity index (χ3v) is 1.73. The number of isocyanates is 1. The first-order valence-electron chi connectivity index (χ1n) is 3.93. The Hall–Kier alpha value is -1.15. The molecule has 0 spiro atoms. The number of carboxylic acid groups (broad SMARTS) is 1. The summed E-state index contributed by atoms with van der Waals surface area (Å²) in [7, 11) is 0. The van der Waals surface area contributed by atoms with E-state index < -0.39 is 12.0 Å². The van der Waals surface area contributed by atoms with Crippen LogP contribution in [0.3, 0.4) is 0 Å². The van der Waals surface area contributed by atoms with E-state index in [4.69, 9.17) is 5.11 Å². The maximum Gasteiger partial charge on any atom is 0.329 e. The third kappa shape index (κ3) is 3.30. The molecule has 0 aliphatic rings. The van der Waals surface area contributed by atoms with Crippen LogP contribution in [-0.2, 0) is 9.59 Å². The lowest BCUT2D eigenvalue weighted by Crippen LogP contribution is -2.25. The number of carbonyl (C=O) groups excluding carboxylic acids is 1. The normalized spacial score (nSPS) is 14.5. The summed E-state index contributed by atoms with van der Waals surface area (Å²) in [6, 6.07) is -0.928. The van der Waals surface area contributed by atoms with Crippen molar-refractivity contribution >= 4 is 12.0 Å². The molecular weight excluding hydrogens is 158 g/mol. The number of carboxylic acids is 1. The van der Waals surface area contributed by atoms with Gasteiger partial charge in [-0.05, 0) is 12.3 Å². The van der Waals surface area contributed by atoms with Crippen LogP contribution in [0, 0.1) is 5.92 Å². The topological polar surface area (TPSA) is 66.7 Å². The Morgan fingerprint density at radius 3 is 2.58 bits per heavy atom. The van der Waals surface area contributed by atoms with Crippen LogP contribution in [-0.4, -0.2) is 23.2 Å². The molecule has 12 heavy (non-hydrogen) atoms. The smallest absolute Gasteiger partial charge is 0.329 e. The molecular formula is C8H13NO3. The molecule has 0 saturated carbocycles. The molecule has 0 aliphatic carbocycles. The Bertz CT molecular complexity index is 194. The molecule has 0 aliphatic heterocycles. The van der Waals surface area contributed by atoms with Crippen molar-refractivity contribution in [3.8, 4) is 0 Å². The zero-order valence-electron chi connectivity index (χ0n) is 7.28. The second-order valence-electron chi connectivity index (χ2n) is 2.77. The van der Waals surface area contributed by atoms with Crippen LogP contribution in [0.4, 0.5) is 0 Å². The number of aliphatic imine (C=N–C) groups is 1. The molecule has 0 fully saturated rings. The van der Waals surface area contributed by atoms with E-state index in [1.54, 1.807) is 6.92 Å². The van der Waals surface area contributed by atoms with Gasteiger partial charge in [-0.2, -0.15) is 4.99 Å². The molecule has 4 nitrogen and oxygen atoms in total. The first-order valence-corrected chi connectivity index (χ1v) is 3.93. The first-order chi connectivity index (χ1) is 5.63. The zero-order valence-corrected chi connectivity index (χ0v) is 7.28. The minimum atomic E-state index is -1.06. The van der Waals surface area contributed by atoms with Crippen molar-refractivity contribution in [2.24, 2.45) is 10.9 Å². The van der Waals surface area contributed by atoms with E-state index in [1.807, 2.05) is 6.92 Å². The lowest BCUT2D eigenvalue weighted by atomic mass is 9.98. The zero-order chi connectivity index (χ0) is 9.56. The van der Waals surface area contributed by atoms with Gasteiger partial charge in [0.25, 0.3) is 0 Å². The van der Waals surface area contributed by atoms with Crippen molar-refractivity contribution in [2.75, 3.05) is 0 Å². The number of aliphatic carboxylic acids is 1. The predicted molar refractivity (Wildman–Crippen MR) is 43.6 cm³/mol. The lowest BCUT2D eigenvalue weighted by molar-refractivity contribution is -0.139. The van der Waals surface area contributed by atoms with E-state index in [1.165, 1.54) is 6.08 Å². The van der Waals surface area contributed by atoms with Gasteiger partial charge in [0.05, 0.1) is 0 Å². The number of nitrogens with zero attached hydrogens (tertiary/aromatic N) is 1. The van der Waals surface area contributed by atoms with Crippen molar-refractivity contribution in [3.05, 3.63) is 0 Å². The Morgan fingerprint density at radius 2 is 2.25 bits per heavy atom. The second-order valence-corrected chi connectivity index (χ2v) is 2.77. The molecule has 0 aromatic carbocycles. The lowest BCUT2D eigenvalue weighted by Gasteiger charge is -2.12. The summed E-state index contributed by atoms with van der Waals surface area (Å²) in [6.07, 6.45) is 2.92. The number of hydrogen-bond acceptors (Lipinski definition) is 3. The Morgan fingerprint density at radius 1 is 1.67 bits per heavy atom. The maximum absolute atomic E-state index is 10.5. The highest BCUT2D eigenvalue weighted by molar-refractivity contribution is 5.75. The minimum absolute atomic E-state index is 0.103. The molecule has 0 aromatic heterocycles. The summed E-state index contributed by atoms with van der Waals surface area (Å²) in [5, 5.41) is 8.63. The van der Waals surface area contributed by atoms with Gasteiger partial charge in [0.15, 0.2) is 6.04 Å². The van der Waals surface area contributed by atoms with Crippen molar-refractivity contribution < 1.29 is 14.7 Å². The van der Waals surface area contributed by atoms with Crippen LogP contribution in [0.1, 0.15) is 26.7 Å². The molecule has 4 heteroatoms. The highest BCUT2D eigenvalue weighted by atomic mass is 16.4. The monoisotopic (exact) mass is 171 g/mol. The van der Waals surface area contributed by atoms with E-state index in [2.05, 4.69) is 4.99 Å². The van der Waals surface area contributed by atoms with Crippen molar-refractivity contribution in [1.29, 1.82) is 0 Å². The molecule has 0 heterocycles. The van der Waals surface area contributed by atoms with Crippen LogP contribution in [0.15, 0.2) is 4.99 Å². The second kappa shape index (κ2) is 5.49. The predicted octanol–water partition coefficient (Wildman–Crippen LogP) is 1.21. The third-order valence-electron chi connectivity index (χ3n) is 1.73. The SMILES string of the molecule is CCC[C@H](C)[C@H](N=C=O)C(=O)O. The van der Waals surface area contributed by atoms with Crippen LogP contribution >= 0.6 is 0 Å². The first kappa shape index (κ1) is 10.8.